The Morgan fingerprint density at radius 3 is 2.17 bits per heavy atom. The van der Waals surface area contributed by atoms with E-state index in [-0.39, 0.29) is 11.9 Å². The van der Waals surface area contributed by atoms with Crippen LogP contribution in [0, 0.1) is 6.92 Å². The second-order valence-electron chi connectivity index (χ2n) is 5.73. The zero-order valence-electron chi connectivity index (χ0n) is 13.4. The van der Waals surface area contributed by atoms with Crippen LogP contribution in [0.25, 0.3) is 0 Å². The molecule has 0 aliphatic carbocycles. The molecule has 1 unspecified atom stereocenters. The van der Waals surface area contributed by atoms with Crippen molar-refractivity contribution in [1.29, 1.82) is 0 Å². The Morgan fingerprint density at radius 1 is 0.913 bits per heavy atom. The first-order chi connectivity index (χ1) is 11.1. The average Bonchev–Trinajstić information content (AvgIpc) is 3.00. The van der Waals surface area contributed by atoms with Crippen LogP contribution in [0.2, 0.25) is 0 Å². The minimum atomic E-state index is -0.167. The average molecular weight is 304 g/mol. The molecule has 23 heavy (non-hydrogen) atoms. The molecule has 0 saturated carbocycles. The molecule has 0 saturated heterocycles. The molecule has 2 aromatic carbocycles. The number of rotatable bonds is 4. The molecular formula is C20H20N2O. The smallest absolute Gasteiger partial charge is 0.268 e. The summed E-state index contributed by atoms with van der Waals surface area (Å²) in [7, 11) is 1.87. The molecule has 1 heterocycles. The van der Waals surface area contributed by atoms with Crippen LogP contribution in [-0.2, 0) is 7.05 Å². The molecule has 116 valence electrons. The van der Waals surface area contributed by atoms with Crippen LogP contribution < -0.4 is 5.32 Å². The van der Waals surface area contributed by atoms with Gasteiger partial charge in [0, 0.05) is 13.2 Å². The second-order valence-corrected chi connectivity index (χ2v) is 5.73. The van der Waals surface area contributed by atoms with Gasteiger partial charge in [-0.2, -0.15) is 0 Å². The summed E-state index contributed by atoms with van der Waals surface area (Å²) in [5.74, 6) is -0.0769. The summed E-state index contributed by atoms with van der Waals surface area (Å²) in [6.07, 6.45) is 1.87. The van der Waals surface area contributed by atoms with Gasteiger partial charge in [0.15, 0.2) is 0 Å². The Hall–Kier alpha value is -2.81. The van der Waals surface area contributed by atoms with Crippen molar-refractivity contribution < 1.29 is 4.79 Å². The van der Waals surface area contributed by atoms with Crippen LogP contribution in [-0.4, -0.2) is 10.5 Å². The lowest BCUT2D eigenvalue weighted by molar-refractivity contribution is 0.0935. The fourth-order valence-corrected chi connectivity index (χ4v) is 2.67. The number of aryl methyl sites for hydroxylation is 2. The van der Waals surface area contributed by atoms with Gasteiger partial charge < -0.3 is 9.88 Å². The third-order valence-corrected chi connectivity index (χ3v) is 4.00. The lowest BCUT2D eigenvalue weighted by Crippen LogP contribution is -2.30. The van der Waals surface area contributed by atoms with Crippen molar-refractivity contribution in [3.8, 4) is 0 Å². The van der Waals surface area contributed by atoms with Gasteiger partial charge in [-0.15, -0.1) is 0 Å². The number of nitrogens with zero attached hydrogens (tertiary/aromatic N) is 1. The van der Waals surface area contributed by atoms with E-state index >= 15 is 0 Å². The maximum atomic E-state index is 12.6. The molecule has 3 heteroatoms. The van der Waals surface area contributed by atoms with E-state index in [0.29, 0.717) is 5.69 Å². The van der Waals surface area contributed by atoms with Crippen molar-refractivity contribution in [3.63, 3.8) is 0 Å². The van der Waals surface area contributed by atoms with E-state index in [1.165, 1.54) is 5.56 Å². The first-order valence-corrected chi connectivity index (χ1v) is 7.69. The fourth-order valence-electron chi connectivity index (χ4n) is 2.67. The molecule has 0 aliphatic heterocycles. The molecule has 0 aliphatic rings. The highest BCUT2D eigenvalue weighted by molar-refractivity contribution is 5.93. The summed E-state index contributed by atoms with van der Waals surface area (Å²) in [5.41, 5.74) is 4.00. The van der Waals surface area contributed by atoms with Gasteiger partial charge in [0.25, 0.3) is 5.91 Å². The number of aromatic nitrogens is 1. The Morgan fingerprint density at radius 2 is 1.57 bits per heavy atom. The van der Waals surface area contributed by atoms with E-state index in [4.69, 9.17) is 0 Å². The van der Waals surface area contributed by atoms with Crippen LogP contribution in [0.15, 0.2) is 72.9 Å². The van der Waals surface area contributed by atoms with Gasteiger partial charge in [0.05, 0.1) is 6.04 Å². The van der Waals surface area contributed by atoms with Crippen molar-refractivity contribution >= 4 is 5.91 Å². The molecule has 3 rings (SSSR count). The number of carbonyl (C=O) groups is 1. The van der Waals surface area contributed by atoms with Crippen molar-refractivity contribution in [3.05, 3.63) is 95.3 Å². The summed E-state index contributed by atoms with van der Waals surface area (Å²) in [6, 6.07) is 21.8. The quantitative estimate of drug-likeness (QED) is 0.780. The molecule has 1 N–H and O–H groups in total. The van der Waals surface area contributed by atoms with E-state index < -0.39 is 0 Å². The minimum absolute atomic E-state index is 0.0769. The van der Waals surface area contributed by atoms with Crippen molar-refractivity contribution in [2.75, 3.05) is 0 Å². The normalized spacial score (nSPS) is 11.9. The van der Waals surface area contributed by atoms with E-state index in [2.05, 4.69) is 36.5 Å². The van der Waals surface area contributed by atoms with Gasteiger partial charge in [-0.1, -0.05) is 60.2 Å². The summed E-state index contributed by atoms with van der Waals surface area (Å²) in [6.45, 7) is 2.06. The Labute approximate surface area is 136 Å². The number of amides is 1. The van der Waals surface area contributed by atoms with Crippen LogP contribution >= 0.6 is 0 Å². The number of carbonyl (C=O) groups excluding carboxylic acids is 1. The van der Waals surface area contributed by atoms with Gasteiger partial charge in [0.1, 0.15) is 5.69 Å². The molecule has 0 radical (unpaired) electrons. The largest absolute Gasteiger partial charge is 0.347 e. The van der Waals surface area contributed by atoms with E-state index in [1.54, 1.807) is 0 Å². The first kappa shape index (κ1) is 15.1. The fraction of sp³-hybridized carbons (Fsp3) is 0.150. The molecule has 0 bridgehead atoms. The number of hydrogen-bond donors (Lipinski definition) is 1. The summed E-state index contributed by atoms with van der Waals surface area (Å²) in [4.78, 5) is 12.6. The zero-order chi connectivity index (χ0) is 16.2. The first-order valence-electron chi connectivity index (χ1n) is 7.69. The lowest BCUT2D eigenvalue weighted by Gasteiger charge is -2.20. The highest BCUT2D eigenvalue weighted by Gasteiger charge is 2.18. The third kappa shape index (κ3) is 3.34. The molecule has 0 spiro atoms. The topological polar surface area (TPSA) is 34.0 Å². The number of hydrogen-bond acceptors (Lipinski definition) is 1. The number of benzene rings is 2. The molecule has 0 fully saturated rings. The van der Waals surface area contributed by atoms with Crippen LogP contribution in [0.1, 0.15) is 33.2 Å². The second kappa shape index (κ2) is 6.53. The van der Waals surface area contributed by atoms with Gasteiger partial charge in [-0.3, -0.25) is 4.79 Å². The maximum Gasteiger partial charge on any atom is 0.268 e. The Balaban J connectivity index is 1.94. The predicted octanol–water partition coefficient (Wildman–Crippen LogP) is 3.85. The zero-order valence-corrected chi connectivity index (χ0v) is 13.4. The monoisotopic (exact) mass is 304 g/mol. The van der Waals surface area contributed by atoms with E-state index in [0.717, 1.165) is 11.1 Å². The van der Waals surface area contributed by atoms with Crippen molar-refractivity contribution in [1.82, 2.24) is 9.88 Å². The standard InChI is InChI=1S/C20H20N2O/c1-15-10-12-17(13-11-15)19(16-7-4-3-5-8-16)21-20(23)18-9-6-14-22(18)2/h3-14,19H,1-2H3,(H,21,23). The molecule has 3 nitrogen and oxygen atoms in total. The third-order valence-electron chi connectivity index (χ3n) is 4.00. The Kier molecular flexibility index (Phi) is 4.29. The molecule has 1 aromatic heterocycles. The molecule has 1 atom stereocenters. The molecular weight excluding hydrogens is 284 g/mol. The van der Waals surface area contributed by atoms with Gasteiger partial charge >= 0.3 is 0 Å². The predicted molar refractivity (Wildman–Crippen MR) is 92.3 cm³/mol. The molecule has 1 amide bonds. The van der Waals surface area contributed by atoms with Gasteiger partial charge in [-0.05, 0) is 30.2 Å². The van der Waals surface area contributed by atoms with Crippen LogP contribution in [0.5, 0.6) is 0 Å². The van der Waals surface area contributed by atoms with Crippen molar-refractivity contribution in [2.24, 2.45) is 7.05 Å². The minimum Gasteiger partial charge on any atom is -0.347 e. The number of nitrogens with one attached hydrogen (secondary N) is 1. The van der Waals surface area contributed by atoms with Crippen molar-refractivity contribution in [2.45, 2.75) is 13.0 Å². The highest BCUT2D eigenvalue weighted by atomic mass is 16.2. The molecule has 3 aromatic rings. The van der Waals surface area contributed by atoms with Gasteiger partial charge in [-0.25, -0.2) is 0 Å². The summed E-state index contributed by atoms with van der Waals surface area (Å²) < 4.78 is 1.83. The van der Waals surface area contributed by atoms with E-state index in [1.807, 2.05) is 60.3 Å². The maximum absolute atomic E-state index is 12.6. The summed E-state index contributed by atoms with van der Waals surface area (Å²) >= 11 is 0. The van der Waals surface area contributed by atoms with Gasteiger partial charge in [0.2, 0.25) is 0 Å². The highest BCUT2D eigenvalue weighted by Crippen LogP contribution is 2.23. The van der Waals surface area contributed by atoms with Crippen LogP contribution in [0.3, 0.4) is 0 Å². The Bertz CT molecular complexity index is 788. The lowest BCUT2D eigenvalue weighted by atomic mass is 9.97. The van der Waals surface area contributed by atoms with Crippen LogP contribution in [0.4, 0.5) is 0 Å². The van der Waals surface area contributed by atoms with E-state index in [9.17, 15) is 4.79 Å². The SMILES string of the molecule is Cc1ccc(C(NC(=O)c2cccn2C)c2ccccc2)cc1. The summed E-state index contributed by atoms with van der Waals surface area (Å²) in [5, 5.41) is 3.15.